The normalized spacial score (nSPS) is 11.3. The van der Waals surface area contributed by atoms with Gasteiger partial charge in [-0.25, -0.2) is 4.79 Å². The number of benzene rings is 2. The minimum atomic E-state index is -0.901. The van der Waals surface area contributed by atoms with Crippen molar-refractivity contribution in [1.29, 1.82) is 0 Å². The molecule has 21 heavy (non-hydrogen) atoms. The number of carbonyl (C=O) groups is 1. The maximum Gasteiger partial charge on any atom is 0.331 e. The molecule has 0 unspecified atom stereocenters. The highest BCUT2D eigenvalue weighted by Crippen LogP contribution is 2.11. The highest BCUT2D eigenvalue weighted by Gasteiger charge is 2.07. The predicted octanol–water partition coefficient (Wildman–Crippen LogP) is 3.76. The first kappa shape index (κ1) is 15.0. The smallest absolute Gasteiger partial charge is 0.331 e. The maximum atomic E-state index is 11.2. The molecule has 0 atom stereocenters. The Hall–Kier alpha value is -2.39. The zero-order chi connectivity index (χ0) is 14.9. The van der Waals surface area contributed by atoms with Gasteiger partial charge < -0.3 is 9.84 Å². The molecule has 0 aromatic heterocycles. The molecule has 3 nitrogen and oxygen atoms in total. The Labute approximate surface area is 124 Å². The first-order valence-corrected chi connectivity index (χ1v) is 6.86. The van der Waals surface area contributed by atoms with E-state index in [-0.39, 0.29) is 0 Å². The van der Waals surface area contributed by atoms with E-state index in [0.717, 1.165) is 11.1 Å². The first-order valence-electron chi connectivity index (χ1n) is 6.86. The van der Waals surface area contributed by atoms with Gasteiger partial charge in [0, 0.05) is 12.0 Å². The molecule has 0 bridgehead atoms. The van der Waals surface area contributed by atoms with E-state index in [9.17, 15) is 9.90 Å². The molecule has 2 aromatic carbocycles. The van der Waals surface area contributed by atoms with Crippen molar-refractivity contribution in [1.82, 2.24) is 0 Å². The molecular weight excluding hydrogens is 264 g/mol. The molecule has 0 radical (unpaired) electrons. The Bertz CT molecular complexity index is 588. The van der Waals surface area contributed by atoms with Gasteiger partial charge in [0.1, 0.15) is 0 Å². The van der Waals surface area contributed by atoms with Crippen LogP contribution in [0.15, 0.2) is 66.2 Å². The highest BCUT2D eigenvalue weighted by molar-refractivity contribution is 5.92. The van der Waals surface area contributed by atoms with Gasteiger partial charge in [0.15, 0.2) is 0 Å². The van der Waals surface area contributed by atoms with E-state index >= 15 is 0 Å². The Morgan fingerprint density at radius 1 is 1.00 bits per heavy atom. The first-order chi connectivity index (χ1) is 10.3. The Morgan fingerprint density at radius 3 is 2.24 bits per heavy atom. The number of ether oxygens (including phenoxy) is 1. The molecule has 3 heteroatoms. The van der Waals surface area contributed by atoms with E-state index in [1.54, 1.807) is 6.08 Å². The van der Waals surface area contributed by atoms with E-state index in [0.29, 0.717) is 25.2 Å². The van der Waals surface area contributed by atoms with E-state index < -0.39 is 5.97 Å². The summed E-state index contributed by atoms with van der Waals surface area (Å²) in [6, 6.07) is 19.3. The number of carboxylic acid groups (broad SMARTS) is 1. The van der Waals surface area contributed by atoms with Gasteiger partial charge in [0.05, 0.1) is 13.2 Å². The Balaban J connectivity index is 1.86. The lowest BCUT2D eigenvalue weighted by atomic mass is 10.1. The second-order valence-corrected chi connectivity index (χ2v) is 4.67. The maximum absolute atomic E-state index is 11.2. The largest absolute Gasteiger partial charge is 0.478 e. The summed E-state index contributed by atoms with van der Waals surface area (Å²) in [5.41, 5.74) is 2.33. The van der Waals surface area contributed by atoms with Crippen molar-refractivity contribution in [2.24, 2.45) is 0 Å². The molecule has 0 amide bonds. The van der Waals surface area contributed by atoms with Crippen LogP contribution in [0.2, 0.25) is 0 Å². The number of hydrogen-bond donors (Lipinski definition) is 1. The third-order valence-corrected chi connectivity index (χ3v) is 3.04. The molecule has 2 rings (SSSR count). The topological polar surface area (TPSA) is 46.5 Å². The van der Waals surface area contributed by atoms with Gasteiger partial charge in [-0.15, -0.1) is 0 Å². The van der Waals surface area contributed by atoms with Crippen molar-refractivity contribution in [3.05, 3.63) is 77.4 Å². The van der Waals surface area contributed by atoms with Gasteiger partial charge in [0.2, 0.25) is 0 Å². The molecule has 0 spiro atoms. The summed E-state index contributed by atoms with van der Waals surface area (Å²) in [6.07, 6.45) is 2.07. The van der Waals surface area contributed by atoms with Crippen LogP contribution < -0.4 is 0 Å². The van der Waals surface area contributed by atoms with Crippen molar-refractivity contribution >= 4 is 12.0 Å². The summed E-state index contributed by atoms with van der Waals surface area (Å²) < 4.78 is 5.53. The lowest BCUT2D eigenvalue weighted by Crippen LogP contribution is -2.05. The Kier molecular flexibility index (Phi) is 5.73. The van der Waals surface area contributed by atoms with Crippen LogP contribution in [0.25, 0.3) is 6.08 Å². The molecule has 0 aliphatic carbocycles. The summed E-state index contributed by atoms with van der Waals surface area (Å²) in [5.74, 6) is -0.901. The van der Waals surface area contributed by atoms with E-state index in [1.807, 2.05) is 60.7 Å². The fourth-order valence-electron chi connectivity index (χ4n) is 1.94. The number of hydrogen-bond acceptors (Lipinski definition) is 2. The number of rotatable bonds is 7. The van der Waals surface area contributed by atoms with Crippen LogP contribution in [0, 0.1) is 0 Å². The SMILES string of the molecule is O=C(O)/C(=C/c1ccccc1)CCOCc1ccccc1. The van der Waals surface area contributed by atoms with Crippen LogP contribution in [0.5, 0.6) is 0 Å². The van der Waals surface area contributed by atoms with Gasteiger partial charge >= 0.3 is 5.97 Å². The van der Waals surface area contributed by atoms with Crippen LogP contribution in [-0.4, -0.2) is 17.7 Å². The highest BCUT2D eigenvalue weighted by atomic mass is 16.5. The van der Waals surface area contributed by atoms with Crippen LogP contribution >= 0.6 is 0 Å². The van der Waals surface area contributed by atoms with Crippen molar-refractivity contribution < 1.29 is 14.6 Å². The van der Waals surface area contributed by atoms with Gasteiger partial charge in [-0.3, -0.25) is 0 Å². The monoisotopic (exact) mass is 282 g/mol. The average Bonchev–Trinajstić information content (AvgIpc) is 2.52. The molecule has 1 N–H and O–H groups in total. The quantitative estimate of drug-likeness (QED) is 0.621. The molecule has 0 saturated carbocycles. The summed E-state index contributed by atoms with van der Waals surface area (Å²) >= 11 is 0. The van der Waals surface area contributed by atoms with Crippen LogP contribution in [0.3, 0.4) is 0 Å². The summed E-state index contributed by atoms with van der Waals surface area (Å²) in [4.78, 5) is 11.2. The van der Waals surface area contributed by atoms with Crippen LogP contribution in [0.4, 0.5) is 0 Å². The van der Waals surface area contributed by atoms with Gasteiger partial charge in [-0.2, -0.15) is 0 Å². The lowest BCUT2D eigenvalue weighted by molar-refractivity contribution is -0.132. The van der Waals surface area contributed by atoms with Crippen LogP contribution in [-0.2, 0) is 16.1 Å². The Morgan fingerprint density at radius 2 is 1.62 bits per heavy atom. The molecule has 2 aromatic rings. The van der Waals surface area contributed by atoms with Crippen molar-refractivity contribution in [2.75, 3.05) is 6.61 Å². The van der Waals surface area contributed by atoms with Crippen molar-refractivity contribution in [3.8, 4) is 0 Å². The van der Waals surface area contributed by atoms with Gasteiger partial charge in [0.25, 0.3) is 0 Å². The number of aliphatic carboxylic acids is 1. The van der Waals surface area contributed by atoms with E-state index in [2.05, 4.69) is 0 Å². The average molecular weight is 282 g/mol. The van der Waals surface area contributed by atoms with Crippen molar-refractivity contribution in [3.63, 3.8) is 0 Å². The van der Waals surface area contributed by atoms with Gasteiger partial charge in [-0.1, -0.05) is 60.7 Å². The van der Waals surface area contributed by atoms with Gasteiger partial charge in [-0.05, 0) is 17.2 Å². The molecule has 108 valence electrons. The number of carboxylic acids is 1. The molecule has 0 aliphatic rings. The molecular formula is C18H18O3. The summed E-state index contributed by atoms with van der Waals surface area (Å²) in [5, 5.41) is 9.23. The zero-order valence-electron chi connectivity index (χ0n) is 11.7. The standard InChI is InChI=1S/C18H18O3/c19-18(20)17(13-15-7-3-1-4-8-15)11-12-21-14-16-9-5-2-6-10-16/h1-10,13H,11-12,14H2,(H,19,20)/b17-13+. The molecule has 0 saturated heterocycles. The van der Waals surface area contributed by atoms with E-state index in [1.165, 1.54) is 0 Å². The predicted molar refractivity (Wildman–Crippen MR) is 82.8 cm³/mol. The van der Waals surface area contributed by atoms with Crippen molar-refractivity contribution in [2.45, 2.75) is 13.0 Å². The second kappa shape index (κ2) is 8.02. The minimum absolute atomic E-state index is 0.356. The molecule has 0 aliphatic heterocycles. The zero-order valence-corrected chi connectivity index (χ0v) is 11.7. The molecule has 0 heterocycles. The fraction of sp³-hybridized carbons (Fsp3) is 0.167. The van der Waals surface area contributed by atoms with E-state index in [4.69, 9.17) is 4.74 Å². The third kappa shape index (κ3) is 5.24. The summed E-state index contributed by atoms with van der Waals surface area (Å²) in [7, 11) is 0. The fourth-order valence-corrected chi connectivity index (χ4v) is 1.94. The summed E-state index contributed by atoms with van der Waals surface area (Å²) in [6.45, 7) is 0.888. The lowest BCUT2D eigenvalue weighted by Gasteiger charge is -2.05. The second-order valence-electron chi connectivity index (χ2n) is 4.67. The molecule has 0 fully saturated rings. The minimum Gasteiger partial charge on any atom is -0.478 e. The third-order valence-electron chi connectivity index (χ3n) is 3.04. The van der Waals surface area contributed by atoms with Crippen LogP contribution in [0.1, 0.15) is 17.5 Å².